The van der Waals surface area contributed by atoms with Gasteiger partial charge in [-0.15, -0.1) is 11.8 Å². The molecule has 1 rings (SSSR count). The molecule has 7 nitrogen and oxygen atoms in total. The van der Waals surface area contributed by atoms with Crippen LogP contribution in [0.3, 0.4) is 0 Å². The lowest BCUT2D eigenvalue weighted by atomic mass is 10.0. The predicted molar refractivity (Wildman–Crippen MR) is 102 cm³/mol. The van der Waals surface area contributed by atoms with Gasteiger partial charge in [0.05, 0.1) is 32.2 Å². The minimum atomic E-state index is -0.673. The zero-order valence-electron chi connectivity index (χ0n) is 15.6. The minimum Gasteiger partial charge on any atom is -0.469 e. The van der Waals surface area contributed by atoms with Crippen LogP contribution in [0.2, 0.25) is 0 Å². The molecule has 0 saturated carbocycles. The fourth-order valence-electron chi connectivity index (χ4n) is 2.17. The van der Waals surface area contributed by atoms with Gasteiger partial charge >= 0.3 is 5.97 Å². The highest BCUT2D eigenvalue weighted by Gasteiger charge is 2.21. The van der Waals surface area contributed by atoms with Gasteiger partial charge in [0.25, 0.3) is 0 Å². The van der Waals surface area contributed by atoms with E-state index in [0.29, 0.717) is 0 Å². The van der Waals surface area contributed by atoms with Crippen LogP contribution in [-0.2, 0) is 19.1 Å². The molecule has 0 spiro atoms. The molecule has 0 aliphatic carbocycles. The summed E-state index contributed by atoms with van der Waals surface area (Å²) in [7, 11) is 1.30. The average Bonchev–Trinajstić information content (AvgIpc) is 2.64. The van der Waals surface area contributed by atoms with Crippen molar-refractivity contribution in [3.8, 4) is 0 Å². The summed E-state index contributed by atoms with van der Waals surface area (Å²) in [6.07, 6.45) is 1.97. The summed E-state index contributed by atoms with van der Waals surface area (Å²) in [5.41, 5.74) is 6.53. The van der Waals surface area contributed by atoms with Gasteiger partial charge in [-0.3, -0.25) is 14.4 Å². The van der Waals surface area contributed by atoms with E-state index in [-0.39, 0.29) is 24.8 Å². The Labute approximate surface area is 158 Å². The number of hydrogen-bond acceptors (Lipinski definition) is 6. The number of carbonyl (C=O) groups excluding carboxylic acids is 3. The smallest absolute Gasteiger partial charge is 0.307 e. The molecular formula is C18H27N3O4S. The van der Waals surface area contributed by atoms with E-state index in [0.717, 1.165) is 10.5 Å². The van der Waals surface area contributed by atoms with Crippen LogP contribution in [0.25, 0.3) is 0 Å². The van der Waals surface area contributed by atoms with Crippen molar-refractivity contribution in [3.63, 3.8) is 0 Å². The molecule has 26 heavy (non-hydrogen) atoms. The first kappa shape index (κ1) is 22.0. The lowest BCUT2D eigenvalue weighted by Gasteiger charge is -2.20. The summed E-state index contributed by atoms with van der Waals surface area (Å²) in [5.74, 6) is -1.25. The van der Waals surface area contributed by atoms with E-state index in [2.05, 4.69) is 10.6 Å². The van der Waals surface area contributed by atoms with Crippen LogP contribution >= 0.6 is 11.8 Å². The second kappa shape index (κ2) is 10.8. The maximum atomic E-state index is 12.2. The van der Waals surface area contributed by atoms with Crippen LogP contribution in [0, 0.1) is 5.92 Å². The molecule has 0 radical (unpaired) electrons. The van der Waals surface area contributed by atoms with Gasteiger partial charge in [0, 0.05) is 4.90 Å². The molecular weight excluding hydrogens is 354 g/mol. The van der Waals surface area contributed by atoms with Crippen LogP contribution in [0.1, 0.15) is 31.9 Å². The normalized spacial score (nSPS) is 13.0. The number of rotatable bonds is 9. The van der Waals surface area contributed by atoms with Gasteiger partial charge in [0.2, 0.25) is 11.8 Å². The number of amides is 2. The summed E-state index contributed by atoms with van der Waals surface area (Å²) in [4.78, 5) is 36.8. The maximum Gasteiger partial charge on any atom is 0.307 e. The van der Waals surface area contributed by atoms with Gasteiger partial charge in [-0.2, -0.15) is 0 Å². The molecule has 2 amide bonds. The van der Waals surface area contributed by atoms with E-state index < -0.39 is 24.0 Å². The van der Waals surface area contributed by atoms with Crippen molar-refractivity contribution in [1.29, 1.82) is 0 Å². The molecule has 0 aliphatic rings. The first-order chi connectivity index (χ1) is 12.3. The molecule has 1 aromatic rings. The highest BCUT2D eigenvalue weighted by atomic mass is 32.2. The molecule has 0 bridgehead atoms. The molecule has 0 aliphatic heterocycles. The third kappa shape index (κ3) is 7.05. The maximum absolute atomic E-state index is 12.2. The Hall–Kier alpha value is -2.06. The number of nitrogens with one attached hydrogen (secondary N) is 2. The van der Waals surface area contributed by atoms with Gasteiger partial charge < -0.3 is 21.1 Å². The van der Waals surface area contributed by atoms with E-state index in [1.54, 1.807) is 11.8 Å². The molecule has 4 N–H and O–H groups in total. The van der Waals surface area contributed by atoms with Gasteiger partial charge in [0.1, 0.15) is 0 Å². The van der Waals surface area contributed by atoms with Crippen molar-refractivity contribution in [2.75, 3.05) is 19.9 Å². The fraction of sp³-hybridized carbons (Fsp3) is 0.500. The van der Waals surface area contributed by atoms with Gasteiger partial charge in [-0.1, -0.05) is 26.0 Å². The molecule has 0 aromatic heterocycles. The lowest BCUT2D eigenvalue weighted by Crippen LogP contribution is -2.47. The van der Waals surface area contributed by atoms with Crippen molar-refractivity contribution < 1.29 is 19.1 Å². The van der Waals surface area contributed by atoms with Gasteiger partial charge in [-0.05, 0) is 29.9 Å². The number of esters is 1. The summed E-state index contributed by atoms with van der Waals surface area (Å²) in [6.45, 7) is 3.45. The number of carbonyl (C=O) groups is 3. The van der Waals surface area contributed by atoms with Gasteiger partial charge in [-0.25, -0.2) is 0 Å². The first-order valence-corrected chi connectivity index (χ1v) is 9.54. The Balaban J connectivity index is 2.73. The zero-order valence-corrected chi connectivity index (χ0v) is 16.4. The molecule has 0 saturated heterocycles. The van der Waals surface area contributed by atoms with Crippen molar-refractivity contribution >= 4 is 29.5 Å². The average molecular weight is 381 g/mol. The molecule has 1 aromatic carbocycles. The highest BCUT2D eigenvalue weighted by molar-refractivity contribution is 7.98. The summed E-state index contributed by atoms with van der Waals surface area (Å²) in [6, 6.07) is 6.33. The molecule has 2 atom stereocenters. The van der Waals surface area contributed by atoms with E-state index in [9.17, 15) is 14.4 Å². The van der Waals surface area contributed by atoms with E-state index in [4.69, 9.17) is 10.5 Å². The molecule has 0 heterocycles. The largest absolute Gasteiger partial charge is 0.469 e. The minimum absolute atomic E-state index is 0.000306. The number of nitrogens with two attached hydrogens (primary N) is 1. The second-order valence-corrected chi connectivity index (χ2v) is 7.04. The standard InChI is InChI=1S/C18H27N3O4S/c1-11(2)17(19)18(24)20-10-15(22)21-14(9-16(23)25-3)12-5-7-13(26-4)8-6-12/h5-8,11,14,17H,9-10,19H2,1-4H3,(H,20,24)(H,21,22)/t14?,17-/m0/s1. The van der Waals surface area contributed by atoms with Crippen LogP contribution < -0.4 is 16.4 Å². The highest BCUT2D eigenvalue weighted by Crippen LogP contribution is 2.21. The third-order valence-corrected chi connectivity index (χ3v) is 4.64. The first-order valence-electron chi connectivity index (χ1n) is 8.31. The Morgan fingerprint density at radius 3 is 2.31 bits per heavy atom. The Kier molecular flexibility index (Phi) is 9.15. The van der Waals surface area contributed by atoms with E-state index in [1.165, 1.54) is 7.11 Å². The Morgan fingerprint density at radius 2 is 1.81 bits per heavy atom. The summed E-state index contributed by atoms with van der Waals surface area (Å²) in [5, 5.41) is 5.27. The van der Waals surface area contributed by atoms with Gasteiger partial charge in [0.15, 0.2) is 0 Å². The fourth-order valence-corrected chi connectivity index (χ4v) is 2.58. The number of benzene rings is 1. The van der Waals surface area contributed by atoms with Crippen LogP contribution in [0.5, 0.6) is 0 Å². The third-order valence-electron chi connectivity index (χ3n) is 3.90. The quantitative estimate of drug-likeness (QED) is 0.438. The topological polar surface area (TPSA) is 111 Å². The molecule has 1 unspecified atom stereocenters. The summed E-state index contributed by atoms with van der Waals surface area (Å²) >= 11 is 1.60. The van der Waals surface area contributed by atoms with Crippen molar-refractivity contribution in [3.05, 3.63) is 29.8 Å². The Morgan fingerprint density at radius 1 is 1.19 bits per heavy atom. The predicted octanol–water partition coefficient (Wildman–Crippen LogP) is 1.23. The number of methoxy groups -OCH3 is 1. The van der Waals surface area contributed by atoms with Crippen molar-refractivity contribution in [2.24, 2.45) is 11.7 Å². The molecule has 8 heteroatoms. The molecule has 0 fully saturated rings. The van der Waals surface area contributed by atoms with E-state index in [1.807, 2.05) is 44.4 Å². The van der Waals surface area contributed by atoms with Crippen molar-refractivity contribution in [1.82, 2.24) is 10.6 Å². The second-order valence-electron chi connectivity index (χ2n) is 6.16. The number of hydrogen-bond donors (Lipinski definition) is 3. The van der Waals surface area contributed by atoms with Crippen LogP contribution in [0.15, 0.2) is 29.2 Å². The van der Waals surface area contributed by atoms with E-state index >= 15 is 0 Å². The number of thioether (sulfide) groups is 1. The van der Waals surface area contributed by atoms with Crippen LogP contribution in [0.4, 0.5) is 0 Å². The molecule has 144 valence electrons. The van der Waals surface area contributed by atoms with Crippen molar-refractivity contribution in [2.45, 2.75) is 37.2 Å². The lowest BCUT2D eigenvalue weighted by molar-refractivity contribution is -0.141. The van der Waals surface area contributed by atoms with Crippen LogP contribution in [-0.4, -0.2) is 43.7 Å². The SMILES string of the molecule is COC(=O)CC(NC(=O)CNC(=O)[C@@H](N)C(C)C)c1ccc(SC)cc1. The zero-order chi connectivity index (χ0) is 19.7. The summed E-state index contributed by atoms with van der Waals surface area (Å²) < 4.78 is 4.70. The monoisotopic (exact) mass is 381 g/mol. The number of ether oxygens (including phenoxy) is 1. The Bertz CT molecular complexity index is 619.